The molecular formula is C16H28N4S. The minimum absolute atomic E-state index is 0.472. The molecule has 0 spiro atoms. The molecule has 1 aliphatic carbocycles. The monoisotopic (exact) mass is 308 g/mol. The molecule has 1 aromatic rings. The van der Waals surface area contributed by atoms with Gasteiger partial charge in [-0.1, -0.05) is 13.8 Å². The van der Waals surface area contributed by atoms with Crippen LogP contribution in [0.3, 0.4) is 0 Å². The number of nitrogens with one attached hydrogen (secondary N) is 2. The van der Waals surface area contributed by atoms with Crippen molar-refractivity contribution in [1.29, 1.82) is 0 Å². The van der Waals surface area contributed by atoms with Gasteiger partial charge in [-0.25, -0.2) is 9.97 Å². The Balaban J connectivity index is 2.22. The minimum Gasteiger partial charge on any atom is -0.370 e. The van der Waals surface area contributed by atoms with E-state index in [2.05, 4.69) is 37.7 Å². The highest BCUT2D eigenvalue weighted by molar-refractivity contribution is 7.98. The highest BCUT2D eigenvalue weighted by Gasteiger charge is 2.28. The average Bonchev–Trinajstić information content (AvgIpc) is 3.32. The van der Waals surface area contributed by atoms with Gasteiger partial charge < -0.3 is 10.6 Å². The minimum atomic E-state index is 0.472. The third-order valence-corrected chi connectivity index (χ3v) is 4.59. The summed E-state index contributed by atoms with van der Waals surface area (Å²) in [5, 5.41) is 7.08. The van der Waals surface area contributed by atoms with Crippen LogP contribution in [0.4, 0.5) is 11.6 Å². The SMILES string of the molecule is CCCNc1nc(C2CC2)nc(NC(CC)CSC)c1C. The second-order valence-electron chi connectivity index (χ2n) is 5.81. The fourth-order valence-corrected chi connectivity index (χ4v) is 2.99. The standard InChI is InChI=1S/C16H28N4S/c1-5-9-17-14-11(3)15(18-13(6-2)10-21-4)20-16(19-14)12-7-8-12/h12-13H,5-10H2,1-4H3,(H2,17,18,19,20). The van der Waals surface area contributed by atoms with Crippen molar-refractivity contribution in [3.05, 3.63) is 11.4 Å². The van der Waals surface area contributed by atoms with E-state index >= 15 is 0 Å². The topological polar surface area (TPSA) is 49.8 Å². The van der Waals surface area contributed by atoms with Gasteiger partial charge in [-0.05, 0) is 38.9 Å². The molecule has 2 N–H and O–H groups in total. The first-order chi connectivity index (χ1) is 10.2. The quantitative estimate of drug-likeness (QED) is 0.721. The van der Waals surface area contributed by atoms with Crippen LogP contribution in [0, 0.1) is 6.92 Å². The molecule has 0 saturated heterocycles. The molecule has 1 fully saturated rings. The Morgan fingerprint density at radius 1 is 1.24 bits per heavy atom. The van der Waals surface area contributed by atoms with E-state index in [-0.39, 0.29) is 0 Å². The van der Waals surface area contributed by atoms with Crippen molar-refractivity contribution in [2.45, 2.75) is 58.4 Å². The maximum absolute atomic E-state index is 4.80. The highest BCUT2D eigenvalue weighted by Crippen LogP contribution is 2.39. The van der Waals surface area contributed by atoms with E-state index in [1.165, 1.54) is 12.8 Å². The molecule has 1 unspecified atom stereocenters. The summed E-state index contributed by atoms with van der Waals surface area (Å²) < 4.78 is 0. The maximum Gasteiger partial charge on any atom is 0.136 e. The molecule has 4 nitrogen and oxygen atoms in total. The number of anilines is 2. The van der Waals surface area contributed by atoms with Gasteiger partial charge in [-0.2, -0.15) is 11.8 Å². The molecule has 118 valence electrons. The summed E-state index contributed by atoms with van der Waals surface area (Å²) in [6, 6.07) is 0.472. The summed E-state index contributed by atoms with van der Waals surface area (Å²) >= 11 is 1.88. The lowest BCUT2D eigenvalue weighted by atomic mass is 10.2. The van der Waals surface area contributed by atoms with Crippen molar-refractivity contribution in [3.63, 3.8) is 0 Å². The number of thioether (sulfide) groups is 1. The molecule has 0 aromatic carbocycles. The molecule has 2 rings (SSSR count). The molecule has 0 aliphatic heterocycles. The second-order valence-corrected chi connectivity index (χ2v) is 6.72. The predicted octanol–water partition coefficient (Wildman–Crippen LogP) is 4.04. The largest absolute Gasteiger partial charge is 0.370 e. The molecule has 5 heteroatoms. The van der Waals surface area contributed by atoms with E-state index in [0.29, 0.717) is 12.0 Å². The van der Waals surface area contributed by atoms with E-state index in [1.54, 1.807) is 0 Å². The third-order valence-electron chi connectivity index (χ3n) is 3.85. The summed E-state index contributed by atoms with van der Waals surface area (Å²) in [6.45, 7) is 7.48. The molecule has 1 aromatic heterocycles. The van der Waals surface area contributed by atoms with E-state index < -0.39 is 0 Å². The first-order valence-corrected chi connectivity index (χ1v) is 9.46. The third kappa shape index (κ3) is 4.50. The summed E-state index contributed by atoms with van der Waals surface area (Å²) in [5.74, 6) is 4.73. The molecular weight excluding hydrogens is 280 g/mol. The van der Waals surface area contributed by atoms with Crippen LogP contribution in [0.15, 0.2) is 0 Å². The number of nitrogens with zero attached hydrogens (tertiary/aromatic N) is 2. The van der Waals surface area contributed by atoms with Crippen LogP contribution >= 0.6 is 11.8 Å². The van der Waals surface area contributed by atoms with Gasteiger partial charge in [0.1, 0.15) is 17.5 Å². The van der Waals surface area contributed by atoms with Crippen molar-refractivity contribution < 1.29 is 0 Å². The van der Waals surface area contributed by atoms with Crippen LogP contribution in [0.1, 0.15) is 56.8 Å². The molecule has 1 heterocycles. The molecule has 1 atom stereocenters. The average molecular weight is 308 g/mol. The van der Waals surface area contributed by atoms with Gasteiger partial charge in [0.15, 0.2) is 0 Å². The lowest BCUT2D eigenvalue weighted by molar-refractivity contribution is 0.763. The number of aromatic nitrogens is 2. The van der Waals surface area contributed by atoms with Crippen LogP contribution in [0.5, 0.6) is 0 Å². The molecule has 0 radical (unpaired) electrons. The molecule has 1 saturated carbocycles. The number of hydrogen-bond donors (Lipinski definition) is 2. The zero-order chi connectivity index (χ0) is 15.2. The number of rotatable bonds is 9. The molecule has 1 aliphatic rings. The summed E-state index contributed by atoms with van der Waals surface area (Å²) in [4.78, 5) is 9.55. The van der Waals surface area contributed by atoms with Crippen molar-refractivity contribution in [1.82, 2.24) is 9.97 Å². The predicted molar refractivity (Wildman–Crippen MR) is 93.6 cm³/mol. The first-order valence-electron chi connectivity index (χ1n) is 8.07. The van der Waals surface area contributed by atoms with Crippen LogP contribution in [-0.2, 0) is 0 Å². The van der Waals surface area contributed by atoms with Crippen molar-refractivity contribution in [2.75, 3.05) is 29.2 Å². The van der Waals surface area contributed by atoms with E-state index in [9.17, 15) is 0 Å². The number of hydrogen-bond acceptors (Lipinski definition) is 5. The normalized spacial score (nSPS) is 15.8. The summed E-state index contributed by atoms with van der Waals surface area (Å²) in [5.41, 5.74) is 1.15. The molecule has 0 bridgehead atoms. The fourth-order valence-electron chi connectivity index (χ4n) is 2.27. The molecule has 21 heavy (non-hydrogen) atoms. The van der Waals surface area contributed by atoms with Crippen LogP contribution in [0.25, 0.3) is 0 Å². The van der Waals surface area contributed by atoms with Gasteiger partial charge >= 0.3 is 0 Å². The van der Waals surface area contributed by atoms with E-state index in [4.69, 9.17) is 9.97 Å². The Morgan fingerprint density at radius 2 is 1.95 bits per heavy atom. The van der Waals surface area contributed by atoms with E-state index in [1.807, 2.05) is 11.8 Å². The van der Waals surface area contributed by atoms with Gasteiger partial charge in [-0.15, -0.1) is 0 Å². The van der Waals surface area contributed by atoms with Crippen molar-refractivity contribution in [3.8, 4) is 0 Å². The maximum atomic E-state index is 4.80. The smallest absolute Gasteiger partial charge is 0.136 e. The highest BCUT2D eigenvalue weighted by atomic mass is 32.2. The van der Waals surface area contributed by atoms with Gasteiger partial charge in [0, 0.05) is 29.8 Å². The lowest BCUT2D eigenvalue weighted by Crippen LogP contribution is -2.23. The Labute approximate surface area is 132 Å². The van der Waals surface area contributed by atoms with Gasteiger partial charge in [0.2, 0.25) is 0 Å². The van der Waals surface area contributed by atoms with Crippen LogP contribution < -0.4 is 10.6 Å². The van der Waals surface area contributed by atoms with Gasteiger partial charge in [0.05, 0.1) is 0 Å². The Morgan fingerprint density at radius 3 is 2.52 bits per heavy atom. The lowest BCUT2D eigenvalue weighted by Gasteiger charge is -2.20. The zero-order valence-corrected chi connectivity index (χ0v) is 14.5. The fraction of sp³-hybridized carbons (Fsp3) is 0.750. The Kier molecular flexibility index (Phi) is 6.15. The first kappa shape index (κ1) is 16.4. The Hall–Kier alpha value is -0.970. The second kappa shape index (κ2) is 7.87. The van der Waals surface area contributed by atoms with Gasteiger partial charge in [-0.3, -0.25) is 0 Å². The summed E-state index contributed by atoms with van der Waals surface area (Å²) in [7, 11) is 0. The van der Waals surface area contributed by atoms with Crippen molar-refractivity contribution in [2.24, 2.45) is 0 Å². The van der Waals surface area contributed by atoms with Crippen LogP contribution in [0.2, 0.25) is 0 Å². The van der Waals surface area contributed by atoms with E-state index in [0.717, 1.165) is 48.2 Å². The Bertz CT molecular complexity index is 460. The molecule has 0 amide bonds. The zero-order valence-electron chi connectivity index (χ0n) is 13.7. The van der Waals surface area contributed by atoms with Crippen LogP contribution in [-0.4, -0.2) is 34.6 Å². The van der Waals surface area contributed by atoms with Crippen molar-refractivity contribution >= 4 is 23.4 Å². The summed E-state index contributed by atoms with van der Waals surface area (Å²) in [6.07, 6.45) is 6.84. The van der Waals surface area contributed by atoms with Gasteiger partial charge in [0.25, 0.3) is 0 Å².